The molecule has 1 atom stereocenters. The maximum atomic E-state index is 5.57. The van der Waals surface area contributed by atoms with Crippen molar-refractivity contribution in [2.45, 2.75) is 17.3 Å². The van der Waals surface area contributed by atoms with Gasteiger partial charge in [-0.25, -0.2) is 0 Å². The first-order chi connectivity index (χ1) is 4.57. The minimum atomic E-state index is -0.830. The molecule has 1 rings (SSSR count). The Morgan fingerprint density at radius 3 is 2.40 bits per heavy atom. The van der Waals surface area contributed by atoms with Crippen LogP contribution in [0.4, 0.5) is 0 Å². The molecule has 0 aliphatic carbocycles. The Morgan fingerprint density at radius 1 is 1.60 bits per heavy atom. The van der Waals surface area contributed by atoms with Gasteiger partial charge in [0.15, 0.2) is 11.4 Å². The van der Waals surface area contributed by atoms with Gasteiger partial charge in [-0.15, -0.1) is 28.3 Å². The summed E-state index contributed by atoms with van der Waals surface area (Å²) in [6.45, 7) is 1.67. The molecule has 0 bridgehead atoms. The molecule has 56 valence electrons. The van der Waals surface area contributed by atoms with Crippen molar-refractivity contribution in [3.63, 3.8) is 0 Å². The Bertz CT molecular complexity index is 199. The second-order valence-electron chi connectivity index (χ2n) is 2.12. The molecule has 10 heavy (non-hydrogen) atoms. The molecule has 1 aliphatic rings. The predicted octanol–water partition coefficient (Wildman–Crippen LogP) is 1.29. The fourth-order valence-corrected chi connectivity index (χ4v) is 0.782. The smallest absolute Gasteiger partial charge is 0.169 e. The van der Waals surface area contributed by atoms with E-state index in [1.54, 1.807) is 6.92 Å². The molecule has 0 aromatic carbocycles. The van der Waals surface area contributed by atoms with Gasteiger partial charge in [-0.05, 0) is 12.1 Å². The van der Waals surface area contributed by atoms with Crippen LogP contribution in [0.3, 0.4) is 0 Å². The van der Waals surface area contributed by atoms with E-state index in [9.17, 15) is 0 Å². The highest BCUT2D eigenvalue weighted by Gasteiger charge is 2.39. The maximum Gasteiger partial charge on any atom is 0.169 e. The number of halogens is 2. The third-order valence-electron chi connectivity index (χ3n) is 1.35. The Balaban J connectivity index is 2.89. The van der Waals surface area contributed by atoms with Crippen molar-refractivity contribution in [1.29, 1.82) is 0 Å². The minimum Gasteiger partial charge on any atom is -0.383 e. The number of rotatable bonds is 1. The Morgan fingerprint density at radius 2 is 2.20 bits per heavy atom. The average Bonchev–Trinajstić information content (AvgIpc) is 2.15. The van der Waals surface area contributed by atoms with Crippen LogP contribution in [-0.4, -0.2) is 16.2 Å². The van der Waals surface area contributed by atoms with E-state index in [4.69, 9.17) is 28.9 Å². The van der Waals surface area contributed by atoms with Crippen LogP contribution in [-0.2, 0) is 0 Å². The Kier molecular flexibility index (Phi) is 1.83. The molecule has 0 saturated carbocycles. The van der Waals surface area contributed by atoms with Crippen LogP contribution in [0.1, 0.15) is 6.92 Å². The van der Waals surface area contributed by atoms with Crippen molar-refractivity contribution in [3.05, 3.63) is 0 Å². The van der Waals surface area contributed by atoms with Gasteiger partial charge in [0, 0.05) is 0 Å². The molecule has 0 aromatic rings. The number of hydrogen-bond acceptors (Lipinski definition) is 4. The van der Waals surface area contributed by atoms with Crippen molar-refractivity contribution < 1.29 is 0 Å². The zero-order valence-electron chi connectivity index (χ0n) is 5.25. The third-order valence-corrected chi connectivity index (χ3v) is 2.20. The molecule has 0 amide bonds. The van der Waals surface area contributed by atoms with Gasteiger partial charge in [0.25, 0.3) is 0 Å². The highest BCUT2D eigenvalue weighted by Crippen LogP contribution is 2.27. The molecular weight excluding hydrogens is 175 g/mol. The molecule has 0 aromatic heterocycles. The van der Waals surface area contributed by atoms with E-state index in [1.165, 1.54) is 0 Å². The van der Waals surface area contributed by atoms with Gasteiger partial charge in [-0.2, -0.15) is 5.11 Å². The zero-order valence-corrected chi connectivity index (χ0v) is 6.76. The van der Waals surface area contributed by atoms with Gasteiger partial charge >= 0.3 is 0 Å². The molecule has 2 N–H and O–H groups in total. The lowest BCUT2D eigenvalue weighted by atomic mass is 10.1. The van der Waals surface area contributed by atoms with Gasteiger partial charge in [0.2, 0.25) is 0 Å². The molecule has 6 heteroatoms. The summed E-state index contributed by atoms with van der Waals surface area (Å²) in [5.41, 5.74) is 4.58. The summed E-state index contributed by atoms with van der Waals surface area (Å²) >= 11 is 11.1. The fourth-order valence-electron chi connectivity index (χ4n) is 0.471. The summed E-state index contributed by atoms with van der Waals surface area (Å²) in [6.07, 6.45) is 0. The number of nitrogens with zero attached hydrogens (tertiary/aromatic N) is 3. The highest BCUT2D eigenvalue weighted by atomic mass is 35.5. The number of nitrogens with two attached hydrogens (primary N) is 1. The summed E-state index contributed by atoms with van der Waals surface area (Å²) < 4.78 is 0. The average molecular weight is 181 g/mol. The van der Waals surface area contributed by atoms with Crippen LogP contribution < -0.4 is 5.73 Å². The summed E-state index contributed by atoms with van der Waals surface area (Å²) in [6, 6.07) is 0. The number of amidine groups is 1. The van der Waals surface area contributed by atoms with E-state index in [-0.39, 0.29) is 5.84 Å². The van der Waals surface area contributed by atoms with E-state index in [0.717, 1.165) is 0 Å². The molecular formula is C4H6Cl2N4. The van der Waals surface area contributed by atoms with Crippen molar-refractivity contribution in [2.24, 2.45) is 21.2 Å². The fraction of sp³-hybridized carbons (Fsp3) is 0.750. The lowest BCUT2D eigenvalue weighted by Gasteiger charge is -2.18. The lowest BCUT2D eigenvalue weighted by Crippen LogP contribution is -2.42. The first-order valence-corrected chi connectivity index (χ1v) is 3.48. The molecule has 0 radical (unpaired) electrons. The SMILES string of the molecule is CC1(C(Cl)Cl)N=NN=C1N. The van der Waals surface area contributed by atoms with E-state index in [1.807, 2.05) is 0 Å². The van der Waals surface area contributed by atoms with Crippen LogP contribution in [0.2, 0.25) is 0 Å². The predicted molar refractivity (Wildman–Crippen MR) is 40.4 cm³/mol. The van der Waals surface area contributed by atoms with Gasteiger partial charge in [0.05, 0.1) is 0 Å². The Labute approximate surface area is 68.1 Å². The number of alkyl halides is 2. The van der Waals surface area contributed by atoms with Gasteiger partial charge in [0.1, 0.15) is 4.84 Å². The van der Waals surface area contributed by atoms with E-state index >= 15 is 0 Å². The van der Waals surface area contributed by atoms with Gasteiger partial charge in [-0.3, -0.25) is 0 Å². The maximum absolute atomic E-state index is 5.57. The largest absolute Gasteiger partial charge is 0.383 e. The van der Waals surface area contributed by atoms with Crippen molar-refractivity contribution >= 4 is 29.0 Å². The number of hydrogen-bond donors (Lipinski definition) is 1. The monoisotopic (exact) mass is 180 g/mol. The highest BCUT2D eigenvalue weighted by molar-refractivity contribution is 6.46. The van der Waals surface area contributed by atoms with Gasteiger partial charge < -0.3 is 5.73 Å². The first kappa shape index (κ1) is 7.75. The zero-order chi connectivity index (χ0) is 7.78. The molecule has 1 aliphatic heterocycles. The quantitative estimate of drug-likeness (QED) is 0.608. The van der Waals surface area contributed by atoms with Crippen LogP contribution in [0, 0.1) is 0 Å². The van der Waals surface area contributed by atoms with Crippen LogP contribution in [0.15, 0.2) is 15.4 Å². The van der Waals surface area contributed by atoms with E-state index in [0.29, 0.717) is 0 Å². The van der Waals surface area contributed by atoms with Crippen LogP contribution in [0.5, 0.6) is 0 Å². The topological polar surface area (TPSA) is 63.1 Å². The third kappa shape index (κ3) is 0.973. The van der Waals surface area contributed by atoms with Crippen molar-refractivity contribution in [2.75, 3.05) is 0 Å². The van der Waals surface area contributed by atoms with Crippen LogP contribution in [0.25, 0.3) is 0 Å². The summed E-state index contributed by atoms with van der Waals surface area (Å²) in [4.78, 5) is -0.706. The summed E-state index contributed by atoms with van der Waals surface area (Å²) in [5, 5.41) is 10.5. The molecule has 1 heterocycles. The Hall–Kier alpha value is -0.350. The summed E-state index contributed by atoms with van der Waals surface area (Å²) in [5.74, 6) is 0.252. The van der Waals surface area contributed by atoms with E-state index < -0.39 is 10.4 Å². The van der Waals surface area contributed by atoms with Gasteiger partial charge in [-0.1, -0.05) is 0 Å². The van der Waals surface area contributed by atoms with Crippen molar-refractivity contribution in [1.82, 2.24) is 0 Å². The second kappa shape index (κ2) is 2.36. The molecule has 0 saturated heterocycles. The minimum absolute atomic E-state index is 0.252. The standard InChI is InChI=1S/C4H6Cl2N4/c1-4(2(5)6)3(7)8-10-9-4/h2H,1H3,(H2,7,8,9). The van der Waals surface area contributed by atoms with Crippen molar-refractivity contribution in [3.8, 4) is 0 Å². The lowest BCUT2D eigenvalue weighted by molar-refractivity contribution is 0.656. The van der Waals surface area contributed by atoms with Crippen LogP contribution >= 0.6 is 23.2 Å². The first-order valence-electron chi connectivity index (χ1n) is 2.61. The molecule has 4 nitrogen and oxygen atoms in total. The normalized spacial score (nSPS) is 31.4. The summed E-state index contributed by atoms with van der Waals surface area (Å²) in [7, 11) is 0. The van der Waals surface area contributed by atoms with E-state index in [2.05, 4.69) is 15.4 Å². The molecule has 0 fully saturated rings. The molecule has 1 unspecified atom stereocenters. The second-order valence-corrected chi connectivity index (χ2v) is 3.22. The molecule has 0 spiro atoms.